The van der Waals surface area contributed by atoms with Gasteiger partial charge in [-0.2, -0.15) is 0 Å². The Hall–Kier alpha value is -1.45. The summed E-state index contributed by atoms with van der Waals surface area (Å²) in [6, 6.07) is 1.69. The van der Waals surface area contributed by atoms with E-state index in [1.165, 1.54) is 6.92 Å². The molecule has 1 unspecified atom stereocenters. The van der Waals surface area contributed by atoms with Gasteiger partial charge >= 0.3 is 0 Å². The molecule has 0 amide bonds. The number of carbonyl (C=O) groups is 1. The van der Waals surface area contributed by atoms with Gasteiger partial charge in [0.1, 0.15) is 17.4 Å². The Kier molecular flexibility index (Phi) is 1.58. The lowest BCUT2D eigenvalue weighted by molar-refractivity contribution is 0.0876. The Labute approximate surface area is 73.1 Å². The highest BCUT2D eigenvalue weighted by molar-refractivity contribution is 6.04. The predicted molar refractivity (Wildman–Crippen MR) is 40.8 cm³/mol. The number of ketones is 1. The summed E-state index contributed by atoms with van der Waals surface area (Å²) in [5.41, 5.74) is -0.145. The summed E-state index contributed by atoms with van der Waals surface area (Å²) in [5, 5.41) is 0. The van der Waals surface area contributed by atoms with Crippen molar-refractivity contribution in [2.45, 2.75) is 13.0 Å². The van der Waals surface area contributed by atoms with Crippen molar-refractivity contribution in [3.05, 3.63) is 29.3 Å². The first-order chi connectivity index (χ1) is 6.09. The number of hydrogen-bond acceptors (Lipinski definition) is 2. The third kappa shape index (κ3) is 1.09. The van der Waals surface area contributed by atoms with Gasteiger partial charge in [0.25, 0.3) is 0 Å². The smallest absolute Gasteiger partial charge is 0.209 e. The van der Waals surface area contributed by atoms with Crippen molar-refractivity contribution in [3.8, 4) is 5.75 Å². The zero-order valence-electron chi connectivity index (χ0n) is 6.80. The third-order valence-electron chi connectivity index (χ3n) is 1.94. The van der Waals surface area contributed by atoms with Crippen LogP contribution in [0.5, 0.6) is 5.75 Å². The maximum atomic E-state index is 13.0. The number of Topliss-reactive ketones (excluding diaryl/α,β-unsaturated/α-hetero) is 1. The number of fused-ring (bicyclic) bond motifs is 1. The minimum atomic E-state index is -0.857. The van der Waals surface area contributed by atoms with E-state index in [1.54, 1.807) is 0 Å². The van der Waals surface area contributed by atoms with Crippen LogP contribution >= 0.6 is 0 Å². The lowest BCUT2D eigenvalue weighted by atomic mass is 10.1. The molecule has 0 fully saturated rings. The first-order valence-electron chi connectivity index (χ1n) is 3.79. The molecular weight excluding hydrogens is 178 g/mol. The molecule has 1 heterocycles. The van der Waals surface area contributed by atoms with E-state index in [-0.39, 0.29) is 11.3 Å². The molecule has 0 bridgehead atoms. The van der Waals surface area contributed by atoms with Crippen LogP contribution in [0.2, 0.25) is 0 Å². The number of benzene rings is 1. The van der Waals surface area contributed by atoms with Gasteiger partial charge in [-0.15, -0.1) is 0 Å². The molecule has 1 aliphatic heterocycles. The molecule has 0 N–H and O–H groups in total. The molecule has 0 radical (unpaired) electrons. The molecule has 0 aromatic heterocycles. The highest BCUT2D eigenvalue weighted by Crippen LogP contribution is 2.31. The second-order valence-corrected chi connectivity index (χ2v) is 2.89. The topological polar surface area (TPSA) is 26.3 Å². The van der Waals surface area contributed by atoms with Crippen molar-refractivity contribution < 1.29 is 18.3 Å². The van der Waals surface area contributed by atoms with Gasteiger partial charge in [-0.25, -0.2) is 8.78 Å². The fraction of sp³-hybridized carbons (Fsp3) is 0.222. The zero-order chi connectivity index (χ0) is 9.59. The van der Waals surface area contributed by atoms with Crippen molar-refractivity contribution in [2.24, 2.45) is 0 Å². The van der Waals surface area contributed by atoms with E-state index in [2.05, 4.69) is 0 Å². The maximum absolute atomic E-state index is 13.0. The second-order valence-electron chi connectivity index (χ2n) is 2.89. The number of carbonyl (C=O) groups excluding carboxylic acids is 1. The Bertz CT molecular complexity index is 387. The molecule has 1 atom stereocenters. The van der Waals surface area contributed by atoms with E-state index in [9.17, 15) is 13.6 Å². The normalized spacial score (nSPS) is 19.9. The molecule has 0 saturated heterocycles. The van der Waals surface area contributed by atoms with Crippen LogP contribution in [-0.2, 0) is 0 Å². The largest absolute Gasteiger partial charge is 0.482 e. The van der Waals surface area contributed by atoms with Gasteiger partial charge in [-0.3, -0.25) is 4.79 Å². The zero-order valence-corrected chi connectivity index (χ0v) is 6.80. The van der Waals surface area contributed by atoms with Crippen LogP contribution in [0.3, 0.4) is 0 Å². The van der Waals surface area contributed by atoms with E-state index in [0.717, 1.165) is 6.07 Å². The van der Waals surface area contributed by atoms with Crippen molar-refractivity contribution in [2.75, 3.05) is 0 Å². The molecule has 0 spiro atoms. The van der Waals surface area contributed by atoms with Crippen molar-refractivity contribution in [3.63, 3.8) is 0 Å². The molecule has 68 valence electrons. The molecule has 1 aromatic carbocycles. The van der Waals surface area contributed by atoms with Crippen molar-refractivity contribution in [1.29, 1.82) is 0 Å². The van der Waals surface area contributed by atoms with E-state index < -0.39 is 23.5 Å². The van der Waals surface area contributed by atoms with Crippen LogP contribution in [0.4, 0.5) is 8.78 Å². The minimum Gasteiger partial charge on any atom is -0.482 e. The molecule has 0 saturated carbocycles. The lowest BCUT2D eigenvalue weighted by Crippen LogP contribution is -2.15. The molecular formula is C9H6F2O2. The molecule has 1 aromatic rings. The van der Waals surface area contributed by atoms with Crippen LogP contribution in [0.1, 0.15) is 17.3 Å². The van der Waals surface area contributed by atoms with Gasteiger partial charge in [0, 0.05) is 12.1 Å². The Morgan fingerprint density at radius 1 is 1.38 bits per heavy atom. The van der Waals surface area contributed by atoms with Crippen molar-refractivity contribution in [1.82, 2.24) is 0 Å². The molecule has 2 nitrogen and oxygen atoms in total. The third-order valence-corrected chi connectivity index (χ3v) is 1.94. The summed E-state index contributed by atoms with van der Waals surface area (Å²) >= 11 is 0. The highest BCUT2D eigenvalue weighted by atomic mass is 19.1. The summed E-state index contributed by atoms with van der Waals surface area (Å²) < 4.78 is 30.6. The van der Waals surface area contributed by atoms with Crippen LogP contribution < -0.4 is 4.74 Å². The lowest BCUT2D eigenvalue weighted by Gasteiger charge is -1.99. The summed E-state index contributed by atoms with van der Waals surface area (Å²) in [6.07, 6.45) is -0.716. The Morgan fingerprint density at radius 2 is 2.08 bits per heavy atom. The highest BCUT2D eigenvalue weighted by Gasteiger charge is 2.32. The van der Waals surface area contributed by atoms with Gasteiger partial charge in [0.15, 0.2) is 6.10 Å². The fourth-order valence-electron chi connectivity index (χ4n) is 1.33. The van der Waals surface area contributed by atoms with Gasteiger partial charge in [0.2, 0.25) is 5.78 Å². The number of halogens is 2. The van der Waals surface area contributed by atoms with Gasteiger partial charge < -0.3 is 4.74 Å². The monoisotopic (exact) mass is 184 g/mol. The summed E-state index contributed by atoms with van der Waals surface area (Å²) in [5.74, 6) is -2.04. The first kappa shape index (κ1) is 8.16. The SMILES string of the molecule is CC1Oc2cc(F)cc(F)c2C1=O. The fourth-order valence-corrected chi connectivity index (χ4v) is 1.33. The standard InChI is InChI=1S/C9H6F2O2/c1-4-9(12)8-6(11)2-5(10)3-7(8)13-4/h2-4H,1H3. The van der Waals surface area contributed by atoms with E-state index in [0.29, 0.717) is 6.07 Å². The minimum absolute atomic E-state index is 0.00463. The molecule has 2 rings (SSSR count). The van der Waals surface area contributed by atoms with Crippen LogP contribution in [0, 0.1) is 11.6 Å². The van der Waals surface area contributed by atoms with Crippen LogP contribution in [0.25, 0.3) is 0 Å². The number of rotatable bonds is 0. The quantitative estimate of drug-likeness (QED) is 0.615. The Balaban J connectivity index is 2.64. The van der Waals surface area contributed by atoms with Crippen molar-refractivity contribution >= 4 is 5.78 Å². The van der Waals surface area contributed by atoms with Gasteiger partial charge in [0.05, 0.1) is 5.56 Å². The van der Waals surface area contributed by atoms with E-state index in [4.69, 9.17) is 4.74 Å². The maximum Gasteiger partial charge on any atom is 0.209 e. The molecule has 1 aliphatic rings. The first-order valence-corrected chi connectivity index (χ1v) is 3.79. The summed E-state index contributed by atoms with van der Waals surface area (Å²) in [6.45, 7) is 1.50. The number of ether oxygens (including phenoxy) is 1. The second kappa shape index (κ2) is 2.52. The van der Waals surface area contributed by atoms with Crippen LogP contribution in [-0.4, -0.2) is 11.9 Å². The van der Waals surface area contributed by atoms with Crippen LogP contribution in [0.15, 0.2) is 12.1 Å². The Morgan fingerprint density at radius 3 is 2.77 bits per heavy atom. The predicted octanol–water partition coefficient (Wildman–Crippen LogP) is 1.93. The van der Waals surface area contributed by atoms with E-state index in [1.807, 2.05) is 0 Å². The summed E-state index contributed by atoms with van der Waals surface area (Å²) in [4.78, 5) is 11.2. The average Bonchev–Trinajstić information content (AvgIpc) is 2.27. The summed E-state index contributed by atoms with van der Waals surface area (Å²) in [7, 11) is 0. The number of hydrogen-bond donors (Lipinski definition) is 0. The van der Waals surface area contributed by atoms with E-state index >= 15 is 0 Å². The molecule has 4 heteroatoms. The molecule has 0 aliphatic carbocycles. The van der Waals surface area contributed by atoms with Gasteiger partial charge in [-0.05, 0) is 6.92 Å². The molecule has 13 heavy (non-hydrogen) atoms. The average molecular weight is 184 g/mol. The van der Waals surface area contributed by atoms with Gasteiger partial charge in [-0.1, -0.05) is 0 Å².